The molecule has 19 heavy (non-hydrogen) atoms. The molecule has 0 unspecified atom stereocenters. The molecule has 0 bridgehead atoms. The fourth-order valence-electron chi connectivity index (χ4n) is 3.34. The third-order valence-corrected chi connectivity index (χ3v) is 4.71. The molecule has 0 saturated heterocycles. The van der Waals surface area contributed by atoms with Gasteiger partial charge < -0.3 is 5.11 Å². The third-order valence-electron chi connectivity index (χ3n) is 4.71. The summed E-state index contributed by atoms with van der Waals surface area (Å²) in [4.78, 5) is 11.5. The van der Waals surface area contributed by atoms with Crippen molar-refractivity contribution in [2.75, 3.05) is 0 Å². The van der Waals surface area contributed by atoms with Crippen LogP contribution in [0, 0.1) is 5.92 Å². The van der Waals surface area contributed by atoms with Gasteiger partial charge in [0, 0.05) is 6.42 Å². The average Bonchev–Trinajstić information content (AvgIpc) is 2.77. The van der Waals surface area contributed by atoms with Gasteiger partial charge >= 0.3 is 5.97 Å². The standard InChI is InChI=1S/C13H20N4O2/c18-12(19)13(7-4-8-13)17-11(14-15-16-17)9-10-5-2-1-3-6-10/h10H,1-9H2,(H,18,19). The maximum Gasteiger partial charge on any atom is 0.331 e. The van der Waals surface area contributed by atoms with E-state index in [-0.39, 0.29) is 0 Å². The lowest BCUT2D eigenvalue weighted by Gasteiger charge is -2.37. The molecule has 2 aliphatic carbocycles. The summed E-state index contributed by atoms with van der Waals surface area (Å²) in [6.07, 6.45) is 9.35. The van der Waals surface area contributed by atoms with Crippen LogP contribution in [0.1, 0.15) is 57.2 Å². The highest BCUT2D eigenvalue weighted by molar-refractivity contribution is 5.77. The Hall–Kier alpha value is -1.46. The van der Waals surface area contributed by atoms with Crippen molar-refractivity contribution >= 4 is 5.97 Å². The second-order valence-electron chi connectivity index (χ2n) is 5.91. The molecule has 3 rings (SSSR count). The predicted molar refractivity (Wildman–Crippen MR) is 67.6 cm³/mol. The van der Waals surface area contributed by atoms with Gasteiger partial charge in [0.05, 0.1) is 0 Å². The molecule has 1 aromatic rings. The van der Waals surface area contributed by atoms with Crippen molar-refractivity contribution in [3.05, 3.63) is 5.82 Å². The van der Waals surface area contributed by atoms with Gasteiger partial charge in [0.25, 0.3) is 0 Å². The summed E-state index contributed by atoms with van der Waals surface area (Å²) >= 11 is 0. The Morgan fingerprint density at radius 2 is 2.00 bits per heavy atom. The monoisotopic (exact) mass is 264 g/mol. The van der Waals surface area contributed by atoms with Crippen molar-refractivity contribution in [2.24, 2.45) is 5.92 Å². The van der Waals surface area contributed by atoms with Crippen LogP contribution in [0.5, 0.6) is 0 Å². The highest BCUT2D eigenvalue weighted by Crippen LogP contribution is 2.40. The summed E-state index contributed by atoms with van der Waals surface area (Å²) < 4.78 is 1.59. The summed E-state index contributed by atoms with van der Waals surface area (Å²) in [5.41, 5.74) is -0.868. The second kappa shape index (κ2) is 4.90. The fourth-order valence-corrected chi connectivity index (χ4v) is 3.34. The maximum atomic E-state index is 11.5. The molecule has 0 aromatic carbocycles. The molecule has 0 aliphatic heterocycles. The van der Waals surface area contributed by atoms with Crippen molar-refractivity contribution in [3.63, 3.8) is 0 Å². The lowest BCUT2D eigenvalue weighted by atomic mass is 9.76. The van der Waals surface area contributed by atoms with E-state index in [1.807, 2.05) is 0 Å². The molecule has 2 fully saturated rings. The molecule has 1 heterocycles. The van der Waals surface area contributed by atoms with Gasteiger partial charge in [0.15, 0.2) is 11.4 Å². The number of aliphatic carboxylic acids is 1. The number of hydrogen-bond donors (Lipinski definition) is 1. The first-order chi connectivity index (χ1) is 9.22. The number of nitrogens with zero attached hydrogens (tertiary/aromatic N) is 4. The molecule has 104 valence electrons. The van der Waals surface area contributed by atoms with E-state index >= 15 is 0 Å². The van der Waals surface area contributed by atoms with Crippen molar-refractivity contribution in [3.8, 4) is 0 Å². The smallest absolute Gasteiger partial charge is 0.331 e. The summed E-state index contributed by atoms with van der Waals surface area (Å²) in [5, 5.41) is 21.2. The first-order valence-electron chi connectivity index (χ1n) is 7.23. The van der Waals surface area contributed by atoms with Crippen molar-refractivity contribution < 1.29 is 9.90 Å². The normalized spacial score (nSPS) is 22.9. The van der Waals surface area contributed by atoms with Gasteiger partial charge in [-0.05, 0) is 35.6 Å². The lowest BCUT2D eigenvalue weighted by Crippen LogP contribution is -2.49. The molecule has 0 atom stereocenters. The van der Waals surface area contributed by atoms with E-state index in [4.69, 9.17) is 0 Å². The third kappa shape index (κ3) is 2.13. The molecule has 2 aliphatic rings. The largest absolute Gasteiger partial charge is 0.479 e. The first-order valence-corrected chi connectivity index (χ1v) is 7.23. The predicted octanol–water partition coefficient (Wildman–Crippen LogP) is 1.76. The number of tetrazole rings is 1. The van der Waals surface area contributed by atoms with Crippen LogP contribution in [-0.4, -0.2) is 31.3 Å². The van der Waals surface area contributed by atoms with Gasteiger partial charge in [-0.25, -0.2) is 9.48 Å². The van der Waals surface area contributed by atoms with Crippen LogP contribution in [0.25, 0.3) is 0 Å². The van der Waals surface area contributed by atoms with Gasteiger partial charge in [0.1, 0.15) is 0 Å². The topological polar surface area (TPSA) is 80.9 Å². The van der Waals surface area contributed by atoms with Crippen molar-refractivity contribution in [1.29, 1.82) is 0 Å². The molecule has 0 radical (unpaired) electrons. The lowest BCUT2D eigenvalue weighted by molar-refractivity contribution is -0.153. The average molecular weight is 264 g/mol. The summed E-state index contributed by atoms with van der Waals surface area (Å²) in [6.45, 7) is 0. The second-order valence-corrected chi connectivity index (χ2v) is 5.91. The highest BCUT2D eigenvalue weighted by Gasteiger charge is 2.49. The minimum Gasteiger partial charge on any atom is -0.479 e. The van der Waals surface area contributed by atoms with Gasteiger partial charge in [0.2, 0.25) is 0 Å². The van der Waals surface area contributed by atoms with E-state index in [1.165, 1.54) is 32.1 Å². The van der Waals surface area contributed by atoms with E-state index in [2.05, 4.69) is 15.5 Å². The van der Waals surface area contributed by atoms with Crippen LogP contribution in [0.3, 0.4) is 0 Å². The number of rotatable bonds is 4. The van der Waals surface area contributed by atoms with Crippen LogP contribution >= 0.6 is 0 Å². The fraction of sp³-hybridized carbons (Fsp3) is 0.846. The molecular weight excluding hydrogens is 244 g/mol. The van der Waals surface area contributed by atoms with Gasteiger partial charge in [-0.1, -0.05) is 32.1 Å². The Kier molecular flexibility index (Phi) is 3.24. The van der Waals surface area contributed by atoms with Crippen LogP contribution in [0.15, 0.2) is 0 Å². The molecule has 1 aromatic heterocycles. The number of carboxylic acids is 1. The molecule has 6 nitrogen and oxygen atoms in total. The minimum absolute atomic E-state index is 0.615. The van der Waals surface area contributed by atoms with E-state index < -0.39 is 11.5 Å². The minimum atomic E-state index is -0.868. The summed E-state index contributed by atoms with van der Waals surface area (Å²) in [7, 11) is 0. The zero-order valence-corrected chi connectivity index (χ0v) is 11.1. The summed E-state index contributed by atoms with van der Waals surface area (Å²) in [5.74, 6) is 0.578. The molecule has 1 N–H and O–H groups in total. The molecule has 0 amide bonds. The quantitative estimate of drug-likeness (QED) is 0.896. The van der Waals surface area contributed by atoms with Crippen LogP contribution in [0.2, 0.25) is 0 Å². The maximum absolute atomic E-state index is 11.5. The van der Waals surface area contributed by atoms with Crippen LogP contribution in [-0.2, 0) is 16.8 Å². The Bertz CT molecular complexity index is 461. The van der Waals surface area contributed by atoms with E-state index in [0.29, 0.717) is 18.8 Å². The SMILES string of the molecule is O=C(O)C1(n2nnnc2CC2CCCCC2)CCC1. The van der Waals surface area contributed by atoms with Crippen molar-refractivity contribution in [2.45, 2.75) is 63.3 Å². The van der Waals surface area contributed by atoms with E-state index in [0.717, 1.165) is 18.7 Å². The molecular formula is C13H20N4O2. The Labute approximate surface area is 112 Å². The summed E-state index contributed by atoms with van der Waals surface area (Å²) in [6, 6.07) is 0. The van der Waals surface area contributed by atoms with Gasteiger partial charge in [-0.3, -0.25) is 0 Å². The highest BCUT2D eigenvalue weighted by atomic mass is 16.4. The zero-order chi connectivity index (χ0) is 13.3. The first kappa shape index (κ1) is 12.6. The van der Waals surface area contributed by atoms with Crippen molar-refractivity contribution in [1.82, 2.24) is 20.2 Å². The number of carboxylic acid groups (broad SMARTS) is 1. The molecule has 2 saturated carbocycles. The van der Waals surface area contributed by atoms with Crippen LogP contribution < -0.4 is 0 Å². The number of carbonyl (C=O) groups is 1. The van der Waals surface area contributed by atoms with E-state index in [1.54, 1.807) is 4.68 Å². The molecule has 0 spiro atoms. The van der Waals surface area contributed by atoms with E-state index in [9.17, 15) is 9.90 Å². The van der Waals surface area contributed by atoms with Gasteiger partial charge in [-0.15, -0.1) is 5.10 Å². The zero-order valence-electron chi connectivity index (χ0n) is 11.1. The number of aromatic nitrogens is 4. The Morgan fingerprint density at radius 1 is 1.26 bits per heavy atom. The van der Waals surface area contributed by atoms with Gasteiger partial charge in [-0.2, -0.15) is 0 Å². The Morgan fingerprint density at radius 3 is 2.58 bits per heavy atom. The Balaban J connectivity index is 1.80. The number of hydrogen-bond acceptors (Lipinski definition) is 4. The molecule has 6 heteroatoms. The van der Waals surface area contributed by atoms with Crippen LogP contribution in [0.4, 0.5) is 0 Å².